The molecule has 1 aromatic heterocycles. The molecule has 1 aliphatic rings. The summed E-state index contributed by atoms with van der Waals surface area (Å²) in [7, 11) is 2.06. The molecule has 96 valence electrons. The third-order valence-electron chi connectivity index (χ3n) is 2.91. The summed E-state index contributed by atoms with van der Waals surface area (Å²) in [6.07, 6.45) is 1.93. The first-order chi connectivity index (χ1) is 8.78. The first kappa shape index (κ1) is 13.0. The lowest BCUT2D eigenvalue weighted by molar-refractivity contribution is 0.00884. The van der Waals surface area contributed by atoms with Gasteiger partial charge in [0.15, 0.2) is 0 Å². The van der Waals surface area contributed by atoms with Gasteiger partial charge in [0.05, 0.1) is 12.7 Å². The minimum atomic E-state index is 0.251. The molecule has 18 heavy (non-hydrogen) atoms. The number of hydrogen-bond donors (Lipinski definition) is 1. The fraction of sp³-hybridized carbons (Fsp3) is 0.538. The van der Waals surface area contributed by atoms with Gasteiger partial charge in [-0.15, -0.1) is 0 Å². The van der Waals surface area contributed by atoms with Crippen LogP contribution in [0.25, 0.3) is 0 Å². The number of rotatable bonds is 4. The molecule has 1 atom stereocenters. The highest BCUT2D eigenvalue weighted by Crippen LogP contribution is 2.06. The minimum absolute atomic E-state index is 0.251. The molecule has 2 heterocycles. The van der Waals surface area contributed by atoms with E-state index in [1.165, 1.54) is 0 Å². The van der Waals surface area contributed by atoms with E-state index in [4.69, 9.17) is 10.00 Å². The zero-order valence-electron chi connectivity index (χ0n) is 10.6. The van der Waals surface area contributed by atoms with Crippen molar-refractivity contribution in [1.82, 2.24) is 15.2 Å². The molecular weight excluding hydrogens is 228 g/mol. The third-order valence-corrected chi connectivity index (χ3v) is 2.91. The van der Waals surface area contributed by atoms with E-state index in [1.54, 1.807) is 6.20 Å². The van der Waals surface area contributed by atoms with E-state index < -0.39 is 0 Å². The second kappa shape index (κ2) is 6.45. The summed E-state index contributed by atoms with van der Waals surface area (Å²) in [6, 6.07) is 5.83. The maximum atomic E-state index is 8.80. The molecule has 1 unspecified atom stereocenters. The summed E-state index contributed by atoms with van der Waals surface area (Å²) in [5, 5.41) is 12.1. The number of aromatic nitrogens is 1. The Kier molecular flexibility index (Phi) is 4.65. The number of hydrogen-bond acceptors (Lipinski definition) is 5. The summed E-state index contributed by atoms with van der Waals surface area (Å²) < 4.78 is 5.66. The van der Waals surface area contributed by atoms with Gasteiger partial charge in [-0.3, -0.25) is 4.90 Å². The predicted molar refractivity (Wildman–Crippen MR) is 67.9 cm³/mol. The molecule has 1 N–H and O–H groups in total. The van der Waals surface area contributed by atoms with Crippen molar-refractivity contribution in [1.29, 1.82) is 5.26 Å². The molecule has 2 rings (SSSR count). The summed E-state index contributed by atoms with van der Waals surface area (Å²) in [5.41, 5.74) is 1.57. The average molecular weight is 246 g/mol. The topological polar surface area (TPSA) is 61.2 Å². The monoisotopic (exact) mass is 246 g/mol. The first-order valence-corrected chi connectivity index (χ1v) is 6.14. The number of nitriles is 1. The Hall–Kier alpha value is -1.48. The van der Waals surface area contributed by atoms with Gasteiger partial charge in [0.2, 0.25) is 0 Å². The lowest BCUT2D eigenvalue weighted by atomic mass is 10.2. The molecule has 0 spiro atoms. The Morgan fingerprint density at radius 3 is 3.28 bits per heavy atom. The van der Waals surface area contributed by atoms with E-state index in [1.807, 2.05) is 12.1 Å². The van der Waals surface area contributed by atoms with E-state index >= 15 is 0 Å². The van der Waals surface area contributed by atoms with Gasteiger partial charge in [0.25, 0.3) is 0 Å². The van der Waals surface area contributed by atoms with E-state index in [2.05, 4.69) is 28.3 Å². The van der Waals surface area contributed by atoms with Crippen LogP contribution in [0.5, 0.6) is 0 Å². The van der Waals surface area contributed by atoms with Crippen molar-refractivity contribution in [2.24, 2.45) is 0 Å². The van der Waals surface area contributed by atoms with Crippen molar-refractivity contribution in [3.05, 3.63) is 29.6 Å². The van der Waals surface area contributed by atoms with Crippen LogP contribution in [0, 0.1) is 11.3 Å². The number of pyridine rings is 1. The molecule has 5 nitrogen and oxygen atoms in total. The van der Waals surface area contributed by atoms with Crippen molar-refractivity contribution in [2.75, 3.05) is 33.3 Å². The quantitative estimate of drug-likeness (QED) is 0.832. The number of nitrogens with one attached hydrogen (secondary N) is 1. The molecule has 5 heteroatoms. The van der Waals surface area contributed by atoms with Gasteiger partial charge in [0, 0.05) is 32.4 Å². The maximum Gasteiger partial charge on any atom is 0.140 e. The Morgan fingerprint density at radius 1 is 1.67 bits per heavy atom. The van der Waals surface area contributed by atoms with E-state index in [9.17, 15) is 0 Å². The Labute approximate surface area is 107 Å². The first-order valence-electron chi connectivity index (χ1n) is 6.14. The molecule has 1 fully saturated rings. The molecule has 0 radical (unpaired) electrons. The molecule has 0 aliphatic carbocycles. The highest BCUT2D eigenvalue weighted by atomic mass is 16.5. The van der Waals surface area contributed by atoms with Gasteiger partial charge in [-0.05, 0) is 24.7 Å². The van der Waals surface area contributed by atoms with Crippen LogP contribution >= 0.6 is 0 Å². The van der Waals surface area contributed by atoms with Crippen molar-refractivity contribution in [3.63, 3.8) is 0 Å². The predicted octanol–water partition coefficient (Wildman–Crippen LogP) is 0.373. The van der Waals surface area contributed by atoms with E-state index in [0.29, 0.717) is 5.69 Å². The highest BCUT2D eigenvalue weighted by Gasteiger charge is 2.15. The largest absolute Gasteiger partial charge is 0.374 e. The third kappa shape index (κ3) is 3.77. The van der Waals surface area contributed by atoms with Crippen LogP contribution in [0.15, 0.2) is 18.3 Å². The normalized spacial score (nSPS) is 19.7. The second-order valence-corrected chi connectivity index (χ2v) is 4.55. The molecule has 1 aromatic rings. The van der Waals surface area contributed by atoms with Crippen LogP contribution in [0.4, 0.5) is 0 Å². The smallest absolute Gasteiger partial charge is 0.140 e. The van der Waals surface area contributed by atoms with Crippen LogP contribution < -0.4 is 5.32 Å². The molecule has 0 bridgehead atoms. The van der Waals surface area contributed by atoms with Crippen LogP contribution in [-0.2, 0) is 11.3 Å². The van der Waals surface area contributed by atoms with Gasteiger partial charge < -0.3 is 10.1 Å². The number of nitrogens with zero attached hydrogens (tertiary/aromatic N) is 3. The fourth-order valence-electron chi connectivity index (χ4n) is 2.09. The van der Waals surface area contributed by atoms with Crippen molar-refractivity contribution >= 4 is 0 Å². The average Bonchev–Trinajstić information content (AvgIpc) is 2.40. The van der Waals surface area contributed by atoms with Crippen molar-refractivity contribution < 1.29 is 4.74 Å². The number of ether oxygens (including phenoxy) is 1. The minimum Gasteiger partial charge on any atom is -0.374 e. The molecule has 1 aliphatic heterocycles. The second-order valence-electron chi connectivity index (χ2n) is 4.55. The van der Waals surface area contributed by atoms with Gasteiger partial charge in [-0.25, -0.2) is 4.98 Å². The van der Waals surface area contributed by atoms with Crippen LogP contribution in [0.3, 0.4) is 0 Å². The van der Waals surface area contributed by atoms with Gasteiger partial charge in [0.1, 0.15) is 11.8 Å². The Bertz CT molecular complexity index is 423. The van der Waals surface area contributed by atoms with Crippen LogP contribution in [0.1, 0.15) is 11.3 Å². The zero-order chi connectivity index (χ0) is 12.8. The molecule has 0 saturated carbocycles. The number of likely N-dealkylation sites (N-methyl/N-ethyl adjacent to an activating group) is 1. The highest BCUT2D eigenvalue weighted by molar-refractivity contribution is 5.25. The van der Waals surface area contributed by atoms with Gasteiger partial charge >= 0.3 is 0 Å². The standard InChI is InChI=1S/C13H18N4O/c1-17(10-13-8-15-4-5-18-13)9-11-2-3-16-12(6-11)7-14/h2-3,6,13,15H,4-5,8-10H2,1H3. The van der Waals surface area contributed by atoms with E-state index in [0.717, 1.165) is 38.3 Å². The van der Waals surface area contributed by atoms with E-state index in [-0.39, 0.29) is 6.10 Å². The summed E-state index contributed by atoms with van der Waals surface area (Å²) in [4.78, 5) is 6.17. The van der Waals surface area contributed by atoms with Crippen LogP contribution in [0.2, 0.25) is 0 Å². The van der Waals surface area contributed by atoms with Crippen LogP contribution in [-0.4, -0.2) is 49.3 Å². The summed E-state index contributed by atoms with van der Waals surface area (Å²) in [5.74, 6) is 0. The summed E-state index contributed by atoms with van der Waals surface area (Å²) in [6.45, 7) is 4.32. The maximum absolute atomic E-state index is 8.80. The molecule has 0 amide bonds. The van der Waals surface area contributed by atoms with Crippen molar-refractivity contribution in [2.45, 2.75) is 12.6 Å². The molecule has 0 aromatic carbocycles. The SMILES string of the molecule is CN(Cc1ccnc(C#N)c1)CC1CNCCO1. The van der Waals surface area contributed by atoms with Gasteiger partial charge in [-0.2, -0.15) is 5.26 Å². The lowest BCUT2D eigenvalue weighted by Gasteiger charge is -2.28. The van der Waals surface area contributed by atoms with Gasteiger partial charge in [-0.1, -0.05) is 0 Å². The summed E-state index contributed by atoms with van der Waals surface area (Å²) >= 11 is 0. The lowest BCUT2D eigenvalue weighted by Crippen LogP contribution is -2.44. The van der Waals surface area contributed by atoms with Crippen molar-refractivity contribution in [3.8, 4) is 6.07 Å². The number of morpholine rings is 1. The Morgan fingerprint density at radius 2 is 2.56 bits per heavy atom. The molecular formula is C13H18N4O. The Balaban J connectivity index is 1.86. The zero-order valence-corrected chi connectivity index (χ0v) is 10.6. The molecule has 1 saturated heterocycles. The fourth-order valence-corrected chi connectivity index (χ4v) is 2.09.